The van der Waals surface area contributed by atoms with Crippen molar-refractivity contribution in [3.8, 4) is 0 Å². The number of hydrogen-bond donors (Lipinski definition) is 3. The van der Waals surface area contributed by atoms with E-state index in [0.717, 1.165) is 16.8 Å². The molecule has 0 saturated carbocycles. The van der Waals surface area contributed by atoms with Gasteiger partial charge < -0.3 is 10.7 Å². The summed E-state index contributed by atoms with van der Waals surface area (Å²) >= 11 is 0. The summed E-state index contributed by atoms with van der Waals surface area (Å²) in [5, 5.41) is 12.5. The maximum Gasteiger partial charge on any atom is 0.269 e. The SMILES string of the molecule is Nc1ccc(Cc2[nH]ccc2CC(=O)C(=O)c2nn[nH]n2)cc1. The number of nitrogens with two attached hydrogens (primary N) is 1. The first-order valence-electron chi connectivity index (χ1n) is 6.94. The third-order valence-electron chi connectivity index (χ3n) is 3.44. The lowest BCUT2D eigenvalue weighted by molar-refractivity contribution is -0.114. The fraction of sp³-hybridized carbons (Fsp3) is 0.133. The molecule has 0 unspecified atom stereocenters. The number of benzene rings is 1. The highest BCUT2D eigenvalue weighted by Crippen LogP contribution is 2.15. The third-order valence-corrected chi connectivity index (χ3v) is 3.44. The number of tetrazole rings is 1. The van der Waals surface area contributed by atoms with Crippen molar-refractivity contribution in [1.29, 1.82) is 0 Å². The van der Waals surface area contributed by atoms with Crippen molar-refractivity contribution in [2.45, 2.75) is 12.8 Å². The van der Waals surface area contributed by atoms with Crippen LogP contribution < -0.4 is 5.73 Å². The number of rotatable bonds is 6. The summed E-state index contributed by atoms with van der Waals surface area (Å²) < 4.78 is 0. The Morgan fingerprint density at radius 3 is 2.61 bits per heavy atom. The van der Waals surface area contributed by atoms with E-state index in [2.05, 4.69) is 25.6 Å². The Balaban J connectivity index is 1.72. The van der Waals surface area contributed by atoms with E-state index < -0.39 is 11.6 Å². The first-order chi connectivity index (χ1) is 11.1. The largest absolute Gasteiger partial charge is 0.399 e. The number of Topliss-reactive ketones (excluding diaryl/α,β-unsaturated/α-hetero) is 2. The van der Waals surface area contributed by atoms with Crippen LogP contribution in [0.2, 0.25) is 0 Å². The van der Waals surface area contributed by atoms with Crippen molar-refractivity contribution in [2.24, 2.45) is 0 Å². The third kappa shape index (κ3) is 3.31. The van der Waals surface area contributed by atoms with Crippen LogP contribution in [-0.4, -0.2) is 37.2 Å². The molecule has 8 heteroatoms. The van der Waals surface area contributed by atoms with Crippen LogP contribution in [0.3, 0.4) is 0 Å². The van der Waals surface area contributed by atoms with Crippen molar-refractivity contribution in [1.82, 2.24) is 25.6 Å². The zero-order valence-electron chi connectivity index (χ0n) is 12.1. The van der Waals surface area contributed by atoms with E-state index >= 15 is 0 Å². The van der Waals surface area contributed by atoms with E-state index in [4.69, 9.17) is 5.73 Å². The Labute approximate surface area is 131 Å². The number of nitrogens with one attached hydrogen (secondary N) is 2. The van der Waals surface area contributed by atoms with Gasteiger partial charge in [-0.3, -0.25) is 9.59 Å². The molecule has 0 saturated heterocycles. The van der Waals surface area contributed by atoms with Gasteiger partial charge in [-0.05, 0) is 34.5 Å². The van der Waals surface area contributed by atoms with Crippen LogP contribution in [0.15, 0.2) is 36.5 Å². The van der Waals surface area contributed by atoms with Crippen molar-refractivity contribution < 1.29 is 9.59 Å². The lowest BCUT2D eigenvalue weighted by atomic mass is 10.0. The van der Waals surface area contributed by atoms with Gasteiger partial charge >= 0.3 is 0 Å². The average molecular weight is 310 g/mol. The number of aromatic amines is 2. The van der Waals surface area contributed by atoms with Crippen LogP contribution >= 0.6 is 0 Å². The zero-order chi connectivity index (χ0) is 16.2. The summed E-state index contributed by atoms with van der Waals surface area (Å²) in [6.07, 6.45) is 2.35. The smallest absolute Gasteiger partial charge is 0.269 e. The number of carbonyl (C=O) groups excluding carboxylic acids is 2. The van der Waals surface area contributed by atoms with E-state index in [-0.39, 0.29) is 12.2 Å². The molecular formula is C15H14N6O2. The predicted molar refractivity (Wildman–Crippen MR) is 81.7 cm³/mol. The molecule has 8 nitrogen and oxygen atoms in total. The van der Waals surface area contributed by atoms with E-state index in [1.54, 1.807) is 12.3 Å². The number of carbonyl (C=O) groups is 2. The molecule has 0 fully saturated rings. The number of anilines is 1. The van der Waals surface area contributed by atoms with E-state index in [9.17, 15) is 9.59 Å². The molecule has 3 aromatic rings. The second-order valence-electron chi connectivity index (χ2n) is 5.06. The topological polar surface area (TPSA) is 130 Å². The molecule has 2 heterocycles. The minimum Gasteiger partial charge on any atom is -0.399 e. The number of hydrogen-bond acceptors (Lipinski definition) is 6. The van der Waals surface area contributed by atoms with Crippen molar-refractivity contribution in [3.63, 3.8) is 0 Å². The van der Waals surface area contributed by atoms with Gasteiger partial charge in [-0.1, -0.05) is 12.1 Å². The molecule has 0 aliphatic rings. The van der Waals surface area contributed by atoms with Gasteiger partial charge in [0.05, 0.1) is 0 Å². The first-order valence-corrected chi connectivity index (χ1v) is 6.94. The van der Waals surface area contributed by atoms with Gasteiger partial charge in [0.15, 0.2) is 0 Å². The van der Waals surface area contributed by atoms with E-state index in [0.29, 0.717) is 12.1 Å². The molecule has 1 aromatic carbocycles. The summed E-state index contributed by atoms with van der Waals surface area (Å²) in [6.45, 7) is 0. The first kappa shape index (κ1) is 14.6. The molecule has 3 rings (SSSR count). The molecule has 2 aromatic heterocycles. The molecule has 0 amide bonds. The maximum absolute atomic E-state index is 12.1. The van der Waals surface area contributed by atoms with Gasteiger partial charge in [-0.2, -0.15) is 5.21 Å². The lowest BCUT2D eigenvalue weighted by Crippen LogP contribution is -2.18. The summed E-state index contributed by atoms with van der Waals surface area (Å²) in [4.78, 5) is 27.0. The van der Waals surface area contributed by atoms with Crippen LogP contribution in [0.4, 0.5) is 5.69 Å². The van der Waals surface area contributed by atoms with Crippen LogP contribution in [0.1, 0.15) is 27.4 Å². The Morgan fingerprint density at radius 2 is 1.91 bits per heavy atom. The van der Waals surface area contributed by atoms with Crippen molar-refractivity contribution in [2.75, 3.05) is 5.73 Å². The Bertz CT molecular complexity index is 820. The van der Waals surface area contributed by atoms with Crippen molar-refractivity contribution in [3.05, 3.63) is 59.2 Å². The van der Waals surface area contributed by atoms with Gasteiger partial charge in [-0.15, -0.1) is 10.2 Å². The van der Waals surface area contributed by atoms with E-state index in [1.165, 1.54) is 0 Å². The fourth-order valence-corrected chi connectivity index (χ4v) is 2.24. The predicted octanol–water partition coefficient (Wildman–Crippen LogP) is 0.695. The number of H-pyrrole nitrogens is 2. The van der Waals surface area contributed by atoms with Crippen LogP contribution in [0, 0.1) is 0 Å². The highest BCUT2D eigenvalue weighted by atomic mass is 16.2. The minimum absolute atomic E-state index is 0.0127. The molecule has 23 heavy (non-hydrogen) atoms. The highest BCUT2D eigenvalue weighted by Gasteiger charge is 2.22. The number of nitrogens with zero attached hydrogens (tertiary/aromatic N) is 3. The van der Waals surface area contributed by atoms with Gasteiger partial charge in [0.25, 0.3) is 5.78 Å². The lowest BCUT2D eigenvalue weighted by Gasteiger charge is -2.04. The minimum atomic E-state index is -0.751. The number of nitrogen functional groups attached to an aromatic ring is 1. The molecule has 0 aliphatic heterocycles. The number of aromatic nitrogens is 5. The molecule has 0 bridgehead atoms. The molecule has 0 aliphatic carbocycles. The van der Waals surface area contributed by atoms with Gasteiger partial charge in [0.2, 0.25) is 11.6 Å². The Hall–Kier alpha value is -3.29. The normalized spacial score (nSPS) is 10.6. The molecular weight excluding hydrogens is 296 g/mol. The van der Waals surface area contributed by atoms with Gasteiger partial charge in [0, 0.05) is 30.4 Å². The fourth-order valence-electron chi connectivity index (χ4n) is 2.24. The average Bonchev–Trinajstić information content (AvgIpc) is 3.21. The Kier molecular flexibility index (Phi) is 3.96. The molecule has 4 N–H and O–H groups in total. The summed E-state index contributed by atoms with van der Waals surface area (Å²) in [7, 11) is 0. The van der Waals surface area contributed by atoms with Gasteiger partial charge in [0.1, 0.15) is 0 Å². The molecule has 116 valence electrons. The monoisotopic (exact) mass is 310 g/mol. The zero-order valence-corrected chi connectivity index (χ0v) is 12.1. The van der Waals surface area contributed by atoms with Crippen LogP contribution in [0.5, 0.6) is 0 Å². The summed E-state index contributed by atoms with van der Waals surface area (Å²) in [6, 6.07) is 9.28. The van der Waals surface area contributed by atoms with Gasteiger partial charge in [-0.25, -0.2) is 0 Å². The molecule has 0 atom stereocenters. The second kappa shape index (κ2) is 6.22. The van der Waals surface area contributed by atoms with Crippen molar-refractivity contribution >= 4 is 17.3 Å². The van der Waals surface area contributed by atoms with Crippen LogP contribution in [-0.2, 0) is 17.6 Å². The number of ketones is 2. The quantitative estimate of drug-likeness (QED) is 0.349. The summed E-state index contributed by atoms with van der Waals surface area (Å²) in [5.41, 5.74) is 9.06. The molecule has 0 spiro atoms. The molecule has 0 radical (unpaired) electrons. The maximum atomic E-state index is 12.1. The Morgan fingerprint density at radius 1 is 1.13 bits per heavy atom. The second-order valence-corrected chi connectivity index (χ2v) is 5.06. The highest BCUT2D eigenvalue weighted by molar-refractivity contribution is 6.43. The standard InChI is InChI=1S/C15H14N6O2/c16-11-3-1-9(2-4-11)7-12-10(5-6-17-12)8-13(22)14(23)15-18-20-21-19-15/h1-6,17H,7-8,16H2,(H,18,19,20,21). The van der Waals surface area contributed by atoms with Crippen LogP contribution in [0.25, 0.3) is 0 Å². The van der Waals surface area contributed by atoms with E-state index in [1.807, 2.05) is 24.3 Å². The summed E-state index contributed by atoms with van der Waals surface area (Å²) in [5.74, 6) is -1.55.